The molecule has 9 nitrogen and oxygen atoms in total. The van der Waals surface area contributed by atoms with Crippen molar-refractivity contribution in [3.05, 3.63) is 0 Å². The van der Waals surface area contributed by atoms with Crippen molar-refractivity contribution in [1.82, 2.24) is 4.44 Å². The van der Waals surface area contributed by atoms with Crippen LogP contribution in [0.5, 0.6) is 0 Å². The van der Waals surface area contributed by atoms with E-state index in [1.54, 1.807) is 0 Å². The molecule has 0 bridgehead atoms. The van der Waals surface area contributed by atoms with Gasteiger partial charge in [-0.2, -0.15) is 0 Å². The van der Waals surface area contributed by atoms with E-state index in [1.807, 2.05) is 0 Å². The molecule has 0 aliphatic carbocycles. The maximum atomic E-state index is 10.6. The van der Waals surface area contributed by atoms with E-state index in [2.05, 4.69) is 0 Å². The van der Waals surface area contributed by atoms with Crippen LogP contribution in [0.2, 0.25) is 0 Å². The predicted molar refractivity (Wildman–Crippen MR) is 43.0 cm³/mol. The average molecular weight is 249 g/mol. The van der Waals surface area contributed by atoms with Gasteiger partial charge in [0.2, 0.25) is 0 Å². The smallest absolute Gasteiger partial charge is 0.413 e. The van der Waals surface area contributed by atoms with Gasteiger partial charge in [-0.05, 0) is 6.92 Å². The average Bonchev–Trinajstić information content (AvgIpc) is 1.79. The van der Waals surface area contributed by atoms with Crippen molar-refractivity contribution in [3.8, 4) is 0 Å². The zero-order chi connectivity index (χ0) is 11.7. The molecule has 11 heteroatoms. The van der Waals surface area contributed by atoms with Gasteiger partial charge in [-0.15, -0.1) is 0 Å². The van der Waals surface area contributed by atoms with Crippen molar-refractivity contribution < 1.29 is 38.6 Å². The zero-order valence-electron chi connectivity index (χ0n) is 6.88. The predicted octanol–water partition coefficient (Wildman–Crippen LogP) is -1.05. The Labute approximate surface area is 78.4 Å². The third-order valence-corrected chi connectivity index (χ3v) is 4.40. The van der Waals surface area contributed by atoms with Crippen molar-refractivity contribution in [2.24, 2.45) is 0 Å². The number of nitrogens with zero attached hydrogens (tertiary/aromatic N) is 1. The zero-order valence-corrected chi connectivity index (χ0v) is 8.67. The Morgan fingerprint density at radius 2 is 1.43 bits per heavy atom. The molecule has 0 aromatic rings. The van der Waals surface area contributed by atoms with Crippen LogP contribution in [0.25, 0.3) is 0 Å². The third-order valence-electron chi connectivity index (χ3n) is 1.24. The summed E-state index contributed by atoms with van der Waals surface area (Å²) in [5.41, 5.74) is 0. The second-order valence-corrected chi connectivity index (χ2v) is 5.59. The Hall–Kier alpha value is -0.270. The lowest BCUT2D eigenvalue weighted by Gasteiger charge is -2.26. The van der Waals surface area contributed by atoms with Gasteiger partial charge in [0.1, 0.15) is 6.04 Å². The lowest BCUT2D eigenvalue weighted by atomic mass is 10.4. The fourth-order valence-electron chi connectivity index (χ4n) is 0.702. The molecule has 0 aliphatic rings. The van der Waals surface area contributed by atoms with Gasteiger partial charge < -0.3 is 24.7 Å². The van der Waals surface area contributed by atoms with E-state index in [4.69, 9.17) is 24.7 Å². The quantitative estimate of drug-likeness (QED) is 0.392. The molecule has 1 atom stereocenters. The van der Waals surface area contributed by atoms with Gasteiger partial charge in [0.25, 0.3) is 0 Å². The highest BCUT2D eigenvalue weighted by Gasteiger charge is 2.46. The van der Waals surface area contributed by atoms with Crippen molar-refractivity contribution in [2.75, 3.05) is 0 Å². The number of carboxylic acids is 1. The Morgan fingerprint density at radius 1 is 1.14 bits per heavy atom. The van der Waals surface area contributed by atoms with E-state index in [0.717, 1.165) is 6.92 Å². The normalized spacial score (nSPS) is 15.6. The van der Waals surface area contributed by atoms with Crippen LogP contribution in [-0.2, 0) is 13.9 Å². The van der Waals surface area contributed by atoms with Crippen LogP contribution in [0, 0.1) is 0 Å². The molecule has 0 aromatic carbocycles. The molecule has 0 rings (SSSR count). The molecule has 0 fully saturated rings. The highest BCUT2D eigenvalue weighted by atomic mass is 31.3. The molecule has 0 saturated carbocycles. The molecular weight excluding hydrogens is 240 g/mol. The minimum Gasteiger partial charge on any atom is -0.480 e. The van der Waals surface area contributed by atoms with Crippen LogP contribution in [0.15, 0.2) is 0 Å². The fraction of sp³-hybridized carbons (Fsp3) is 0.667. The third kappa shape index (κ3) is 3.47. The maximum absolute atomic E-state index is 10.6. The standard InChI is InChI=1S/C3H9NO8P2/c1-2(3(5)6)4(13(7,8)9)14(10,11)12/h2H,1H3,(H,5,6)(H2,7,8,9)(H2,10,11,12). The summed E-state index contributed by atoms with van der Waals surface area (Å²) < 4.78 is 20.5. The SMILES string of the molecule is CC(C(=O)O)N(P(=O)(O)O)P(=O)(O)O. The van der Waals surface area contributed by atoms with E-state index >= 15 is 0 Å². The number of hydrogen-bond acceptors (Lipinski definition) is 3. The molecule has 0 spiro atoms. The first-order valence-corrected chi connectivity index (χ1v) is 6.25. The molecule has 5 N–H and O–H groups in total. The van der Waals surface area contributed by atoms with Gasteiger partial charge in [-0.1, -0.05) is 4.44 Å². The summed E-state index contributed by atoms with van der Waals surface area (Å²) in [5, 5.41) is 8.35. The van der Waals surface area contributed by atoms with Crippen LogP contribution >= 0.6 is 15.5 Å². The van der Waals surface area contributed by atoms with Gasteiger partial charge in [-0.25, -0.2) is 9.13 Å². The first-order valence-electron chi connectivity index (χ1n) is 3.12. The molecule has 0 radical (unpaired) electrons. The Bertz CT molecular complexity index is 293. The molecule has 0 heterocycles. The van der Waals surface area contributed by atoms with E-state index in [0.29, 0.717) is 0 Å². The van der Waals surface area contributed by atoms with Gasteiger partial charge in [0.15, 0.2) is 0 Å². The van der Waals surface area contributed by atoms with Crippen LogP contribution < -0.4 is 0 Å². The van der Waals surface area contributed by atoms with Crippen LogP contribution in [-0.4, -0.2) is 41.1 Å². The number of carbonyl (C=O) groups is 1. The van der Waals surface area contributed by atoms with Gasteiger partial charge in [0.05, 0.1) is 0 Å². The highest BCUT2D eigenvalue weighted by molar-refractivity contribution is 7.65. The number of aliphatic carboxylic acids is 1. The summed E-state index contributed by atoms with van der Waals surface area (Å²) in [4.78, 5) is 44.4. The fourth-order valence-corrected chi connectivity index (χ4v) is 3.02. The summed E-state index contributed by atoms with van der Waals surface area (Å²) in [6.45, 7) is 0.751. The van der Waals surface area contributed by atoms with Crippen molar-refractivity contribution >= 4 is 21.5 Å². The summed E-state index contributed by atoms with van der Waals surface area (Å²) >= 11 is 0. The largest absolute Gasteiger partial charge is 0.480 e. The van der Waals surface area contributed by atoms with Crippen LogP contribution in [0.3, 0.4) is 0 Å². The molecular formula is C3H9NO8P2. The molecule has 0 aliphatic heterocycles. The minimum absolute atomic E-state index is 0.650. The first kappa shape index (κ1) is 13.7. The summed E-state index contributed by atoms with van der Waals surface area (Å²) in [6, 6.07) is -1.99. The molecule has 1 unspecified atom stereocenters. The lowest BCUT2D eigenvalue weighted by molar-refractivity contribution is -0.140. The second kappa shape index (κ2) is 4.08. The van der Waals surface area contributed by atoms with Gasteiger partial charge in [-0.3, -0.25) is 4.79 Å². The number of hydrogen-bond donors (Lipinski definition) is 5. The van der Waals surface area contributed by atoms with Crippen molar-refractivity contribution in [2.45, 2.75) is 13.0 Å². The molecule has 0 aromatic heterocycles. The molecule has 0 saturated heterocycles. The van der Waals surface area contributed by atoms with Crippen molar-refractivity contribution in [1.29, 1.82) is 0 Å². The summed E-state index contributed by atoms with van der Waals surface area (Å²) in [5.74, 6) is -1.75. The second-order valence-electron chi connectivity index (χ2n) is 2.36. The van der Waals surface area contributed by atoms with E-state index < -0.39 is 31.9 Å². The van der Waals surface area contributed by atoms with Gasteiger partial charge >= 0.3 is 21.5 Å². The van der Waals surface area contributed by atoms with E-state index in [9.17, 15) is 13.9 Å². The molecule has 84 valence electrons. The number of carboxylic acid groups (broad SMARTS) is 1. The minimum atomic E-state index is -5.32. The highest BCUT2D eigenvalue weighted by Crippen LogP contribution is 2.59. The Kier molecular flexibility index (Phi) is 4.00. The monoisotopic (exact) mass is 249 g/mol. The lowest BCUT2D eigenvalue weighted by Crippen LogP contribution is -2.34. The topological polar surface area (TPSA) is 156 Å². The number of rotatable bonds is 4. The van der Waals surface area contributed by atoms with Crippen LogP contribution in [0.1, 0.15) is 6.92 Å². The Morgan fingerprint density at radius 3 is 1.50 bits per heavy atom. The molecule has 0 amide bonds. The first-order chi connectivity index (χ1) is 5.98. The summed E-state index contributed by atoms with van der Waals surface area (Å²) in [6.07, 6.45) is 0. The maximum Gasteiger partial charge on any atom is 0.413 e. The van der Waals surface area contributed by atoms with E-state index in [-0.39, 0.29) is 0 Å². The van der Waals surface area contributed by atoms with E-state index in [1.165, 1.54) is 0 Å². The van der Waals surface area contributed by atoms with Crippen molar-refractivity contribution in [3.63, 3.8) is 0 Å². The Balaban J connectivity index is 5.25. The molecule has 14 heavy (non-hydrogen) atoms. The summed E-state index contributed by atoms with van der Waals surface area (Å²) in [7, 11) is -10.6. The van der Waals surface area contributed by atoms with Crippen LogP contribution in [0.4, 0.5) is 0 Å². The van der Waals surface area contributed by atoms with Gasteiger partial charge in [0, 0.05) is 0 Å².